The van der Waals surface area contributed by atoms with Crippen molar-refractivity contribution in [2.24, 2.45) is 0 Å². The van der Waals surface area contributed by atoms with Crippen LogP contribution < -0.4 is 10.2 Å². The Hall–Kier alpha value is -1.48. The third kappa shape index (κ3) is 3.15. The summed E-state index contributed by atoms with van der Waals surface area (Å²) in [6.45, 7) is 4.83. The fraction of sp³-hybridized carbons (Fsp3) is 0.545. The van der Waals surface area contributed by atoms with E-state index in [4.69, 9.17) is 0 Å². The Morgan fingerprint density at radius 1 is 1.30 bits per heavy atom. The van der Waals surface area contributed by atoms with Crippen molar-refractivity contribution in [2.75, 3.05) is 29.9 Å². The van der Waals surface area contributed by atoms with E-state index in [2.05, 4.69) is 34.5 Å². The van der Waals surface area contributed by atoms with Crippen molar-refractivity contribution in [3.8, 4) is 0 Å². The third-order valence-electron chi connectivity index (χ3n) is 2.85. The molecule has 2 aromatic rings. The summed E-state index contributed by atoms with van der Waals surface area (Å²) in [5.74, 6) is 1.37. The van der Waals surface area contributed by atoms with Crippen molar-refractivity contribution < 1.29 is 0 Å². The lowest BCUT2D eigenvalue weighted by Gasteiger charge is -2.16. The molecule has 20 heavy (non-hydrogen) atoms. The average molecular weight is 309 g/mol. The van der Waals surface area contributed by atoms with Crippen LogP contribution in [0.5, 0.6) is 0 Å². The van der Waals surface area contributed by atoms with Crippen LogP contribution in [0.4, 0.5) is 11.9 Å². The van der Waals surface area contributed by atoms with Crippen LogP contribution in [-0.2, 0) is 0 Å². The zero-order valence-corrected chi connectivity index (χ0v) is 12.7. The molecule has 1 fully saturated rings. The largest absolute Gasteiger partial charge is 0.354 e. The normalized spacial score (nSPS) is 14.8. The molecule has 0 atom stereocenters. The summed E-state index contributed by atoms with van der Waals surface area (Å²) in [5.41, 5.74) is 0. The Bertz CT molecular complexity index is 554. The highest BCUT2D eigenvalue weighted by molar-refractivity contribution is 8.00. The molecule has 3 heterocycles. The molecule has 0 aromatic carbocycles. The number of nitrogens with zero attached hydrogens (tertiary/aromatic N) is 6. The molecule has 106 valence electrons. The minimum atomic E-state index is 0.622. The molecular formula is C11H15N7S2. The zero-order valence-electron chi connectivity index (χ0n) is 11.1. The first-order valence-electron chi connectivity index (χ1n) is 6.54. The summed E-state index contributed by atoms with van der Waals surface area (Å²) >= 11 is 2.77. The van der Waals surface area contributed by atoms with Gasteiger partial charge in [-0.25, -0.2) is 4.98 Å². The lowest BCUT2D eigenvalue weighted by atomic mass is 10.4. The molecule has 0 bridgehead atoms. The van der Waals surface area contributed by atoms with Gasteiger partial charge in [-0.3, -0.25) is 0 Å². The predicted molar refractivity (Wildman–Crippen MR) is 79.5 cm³/mol. The molecule has 1 N–H and O–H groups in total. The number of hydrogen-bond acceptors (Lipinski definition) is 9. The van der Waals surface area contributed by atoms with Gasteiger partial charge >= 0.3 is 0 Å². The molecule has 2 aromatic heterocycles. The lowest BCUT2D eigenvalue weighted by molar-refractivity contribution is 0.826. The van der Waals surface area contributed by atoms with Crippen LogP contribution in [0.15, 0.2) is 15.8 Å². The Balaban J connectivity index is 1.87. The summed E-state index contributed by atoms with van der Waals surface area (Å²) < 4.78 is 4.83. The van der Waals surface area contributed by atoms with Gasteiger partial charge < -0.3 is 10.2 Å². The molecule has 0 unspecified atom stereocenters. The van der Waals surface area contributed by atoms with Gasteiger partial charge in [0.1, 0.15) is 6.33 Å². The maximum atomic E-state index is 4.54. The van der Waals surface area contributed by atoms with Crippen LogP contribution in [-0.4, -0.2) is 43.9 Å². The minimum absolute atomic E-state index is 0.622. The van der Waals surface area contributed by atoms with Crippen LogP contribution in [0.3, 0.4) is 0 Å². The molecule has 0 aliphatic carbocycles. The fourth-order valence-electron chi connectivity index (χ4n) is 1.97. The van der Waals surface area contributed by atoms with Crippen LogP contribution >= 0.6 is 23.3 Å². The number of rotatable bonds is 5. The van der Waals surface area contributed by atoms with Gasteiger partial charge in [-0.05, 0) is 43.1 Å². The van der Waals surface area contributed by atoms with E-state index in [1.54, 1.807) is 6.33 Å². The van der Waals surface area contributed by atoms with E-state index in [0.29, 0.717) is 11.1 Å². The van der Waals surface area contributed by atoms with Crippen molar-refractivity contribution in [1.82, 2.24) is 24.3 Å². The number of anilines is 2. The van der Waals surface area contributed by atoms with E-state index in [9.17, 15) is 0 Å². The third-order valence-corrected chi connectivity index (χ3v) is 4.43. The van der Waals surface area contributed by atoms with Crippen LogP contribution in [0.1, 0.15) is 19.8 Å². The molecule has 1 saturated heterocycles. The Labute approximate surface area is 125 Å². The van der Waals surface area contributed by atoms with Crippen molar-refractivity contribution in [1.29, 1.82) is 0 Å². The van der Waals surface area contributed by atoms with E-state index in [1.165, 1.54) is 36.1 Å². The van der Waals surface area contributed by atoms with Gasteiger partial charge in [0.25, 0.3) is 0 Å². The van der Waals surface area contributed by atoms with Gasteiger partial charge in [-0.2, -0.15) is 19.3 Å². The molecule has 3 rings (SSSR count). The summed E-state index contributed by atoms with van der Waals surface area (Å²) in [4.78, 5) is 19.8. The molecular weight excluding hydrogens is 294 g/mol. The second-order valence-corrected chi connectivity index (χ2v) is 6.27. The molecule has 1 aliphatic heterocycles. The van der Waals surface area contributed by atoms with E-state index >= 15 is 0 Å². The average Bonchev–Trinajstić information content (AvgIpc) is 3.11. The molecule has 0 amide bonds. The van der Waals surface area contributed by atoms with Crippen molar-refractivity contribution in [3.05, 3.63) is 6.33 Å². The van der Waals surface area contributed by atoms with Gasteiger partial charge in [0, 0.05) is 19.6 Å². The molecule has 7 nitrogen and oxygen atoms in total. The van der Waals surface area contributed by atoms with Crippen molar-refractivity contribution >= 4 is 35.2 Å². The molecule has 0 radical (unpaired) electrons. The second kappa shape index (κ2) is 6.31. The van der Waals surface area contributed by atoms with E-state index in [-0.39, 0.29) is 0 Å². The van der Waals surface area contributed by atoms with Crippen LogP contribution in [0.25, 0.3) is 0 Å². The number of aromatic nitrogens is 5. The van der Waals surface area contributed by atoms with Gasteiger partial charge in [-0.15, -0.1) is 0 Å². The smallest absolute Gasteiger partial charge is 0.231 e. The van der Waals surface area contributed by atoms with Crippen molar-refractivity contribution in [3.63, 3.8) is 0 Å². The quantitative estimate of drug-likeness (QED) is 0.897. The van der Waals surface area contributed by atoms with Crippen LogP contribution in [0, 0.1) is 0 Å². The lowest BCUT2D eigenvalue weighted by Crippen LogP contribution is -2.21. The molecule has 0 saturated carbocycles. The maximum Gasteiger partial charge on any atom is 0.231 e. The van der Waals surface area contributed by atoms with E-state index in [0.717, 1.165) is 29.9 Å². The molecule has 0 spiro atoms. The summed E-state index contributed by atoms with van der Waals surface area (Å²) in [5, 5.41) is 3.82. The molecule has 1 aliphatic rings. The minimum Gasteiger partial charge on any atom is -0.354 e. The Kier molecular flexibility index (Phi) is 4.26. The first kappa shape index (κ1) is 13.5. The van der Waals surface area contributed by atoms with E-state index in [1.807, 2.05) is 6.92 Å². The summed E-state index contributed by atoms with van der Waals surface area (Å²) in [6.07, 6.45) is 3.93. The zero-order chi connectivity index (χ0) is 13.8. The standard InChI is InChI=1S/C11H15N7S2/c1-2-12-8-15-9(18-5-3-4-6-18)17-10(16-8)19-11-13-7-14-20-11/h7H,2-6H2,1H3,(H,12,15,16,17). The van der Waals surface area contributed by atoms with Gasteiger partial charge in [0.05, 0.1) is 0 Å². The topological polar surface area (TPSA) is 79.7 Å². The number of nitrogens with one attached hydrogen (secondary N) is 1. The van der Waals surface area contributed by atoms with Crippen LogP contribution in [0.2, 0.25) is 0 Å². The maximum absolute atomic E-state index is 4.54. The van der Waals surface area contributed by atoms with E-state index < -0.39 is 0 Å². The van der Waals surface area contributed by atoms with Gasteiger partial charge in [-0.1, -0.05) is 0 Å². The first-order chi connectivity index (χ1) is 9.85. The Morgan fingerprint density at radius 2 is 2.15 bits per heavy atom. The molecule has 9 heteroatoms. The summed E-state index contributed by atoms with van der Waals surface area (Å²) in [7, 11) is 0. The summed E-state index contributed by atoms with van der Waals surface area (Å²) in [6, 6.07) is 0. The highest BCUT2D eigenvalue weighted by Crippen LogP contribution is 2.27. The Morgan fingerprint density at radius 3 is 2.85 bits per heavy atom. The van der Waals surface area contributed by atoms with Gasteiger partial charge in [0.15, 0.2) is 4.34 Å². The first-order valence-corrected chi connectivity index (χ1v) is 8.13. The van der Waals surface area contributed by atoms with Crippen molar-refractivity contribution in [2.45, 2.75) is 29.3 Å². The second-order valence-electron chi connectivity index (χ2n) is 4.28. The highest BCUT2D eigenvalue weighted by Gasteiger charge is 2.18. The van der Waals surface area contributed by atoms with Gasteiger partial charge in [0.2, 0.25) is 17.1 Å². The highest BCUT2D eigenvalue weighted by atomic mass is 32.2. The fourth-order valence-corrected chi connectivity index (χ4v) is 3.27. The predicted octanol–water partition coefficient (Wildman–Crippen LogP) is 1.91. The monoisotopic (exact) mass is 309 g/mol. The number of hydrogen-bond donors (Lipinski definition) is 1. The SMILES string of the molecule is CCNc1nc(Sc2ncns2)nc(N2CCCC2)n1.